The summed E-state index contributed by atoms with van der Waals surface area (Å²) in [6.45, 7) is 11.2. The second-order valence-electron chi connectivity index (χ2n) is 8.36. The standard InChI is InChI=1S/C26H24P2.2C5H9.Pt/c1-5-13-23(14-6-1)27(24-15-7-2-8-16-24)21-22-28(25-17-9-3-10-18-25)26-19-11-4-12-20-26;2*1-3-5-4-2;/h1-20H,21-22H2;2*4-5H,1,3H2,2H3;/q;2*-1;+2/b;2*5-4+;. The molecule has 0 aliphatic heterocycles. The van der Waals surface area contributed by atoms with E-state index in [0.29, 0.717) is 0 Å². The molecule has 0 saturated heterocycles. The van der Waals surface area contributed by atoms with Crippen molar-refractivity contribution in [1.29, 1.82) is 0 Å². The first-order valence-electron chi connectivity index (χ1n) is 13.3. The summed E-state index contributed by atoms with van der Waals surface area (Å²) in [7, 11) is -0.696. The molecule has 0 aliphatic rings. The van der Waals surface area contributed by atoms with Gasteiger partial charge in [0.1, 0.15) is 0 Å². The minimum Gasteiger partial charge on any atom is -0.340 e. The van der Waals surface area contributed by atoms with Gasteiger partial charge < -0.3 is 13.8 Å². The maximum absolute atomic E-state index is 3.59. The molecule has 0 spiro atoms. The summed E-state index contributed by atoms with van der Waals surface area (Å²) in [6, 6.07) is 44.2. The number of allylic oxidation sites excluding steroid dienone is 4. The van der Waals surface area contributed by atoms with E-state index in [1.54, 1.807) is 0 Å². The van der Waals surface area contributed by atoms with Crippen molar-refractivity contribution in [3.05, 3.63) is 159 Å². The molecule has 4 aromatic rings. The SMILES string of the molecule is [CH2-]C/C=C/C.[CH2-]C/C=C/C.[Pt+2].c1ccc(P(CCP(c2ccccc2)c2ccccc2)c2ccccc2)cc1. The van der Waals surface area contributed by atoms with Gasteiger partial charge in [0.05, 0.1) is 0 Å². The van der Waals surface area contributed by atoms with Crippen molar-refractivity contribution in [3.63, 3.8) is 0 Å². The van der Waals surface area contributed by atoms with Crippen molar-refractivity contribution in [2.24, 2.45) is 0 Å². The average Bonchev–Trinajstić information content (AvgIpc) is 2.99. The molecule has 4 aromatic carbocycles. The third-order valence-electron chi connectivity index (χ3n) is 5.62. The van der Waals surface area contributed by atoms with Crippen LogP contribution >= 0.6 is 15.8 Å². The molecule has 0 heterocycles. The molecule has 39 heavy (non-hydrogen) atoms. The van der Waals surface area contributed by atoms with Crippen LogP contribution in [-0.4, -0.2) is 12.3 Å². The zero-order valence-corrected chi connectivity index (χ0v) is 27.4. The Labute approximate surface area is 255 Å². The largest absolute Gasteiger partial charge is 2.00 e. The van der Waals surface area contributed by atoms with Gasteiger partial charge in [0.25, 0.3) is 0 Å². The molecule has 3 heteroatoms. The first-order valence-corrected chi connectivity index (χ1v) is 16.4. The maximum Gasteiger partial charge on any atom is 2.00 e. The van der Waals surface area contributed by atoms with Gasteiger partial charge in [-0.15, -0.1) is 12.2 Å². The Bertz CT molecular complexity index is 970. The molecular weight excluding hydrogens is 689 g/mol. The molecule has 0 radical (unpaired) electrons. The van der Waals surface area contributed by atoms with Gasteiger partial charge in [-0.2, -0.15) is 12.8 Å². The molecular formula is C36H42P2Pt. The zero-order valence-electron chi connectivity index (χ0n) is 23.3. The van der Waals surface area contributed by atoms with Crippen LogP contribution in [0.2, 0.25) is 0 Å². The van der Waals surface area contributed by atoms with E-state index in [9.17, 15) is 0 Å². The van der Waals surface area contributed by atoms with Gasteiger partial charge in [0.2, 0.25) is 0 Å². The average molecular weight is 732 g/mol. The molecule has 0 fully saturated rings. The smallest absolute Gasteiger partial charge is 0.340 e. The maximum atomic E-state index is 3.59. The second-order valence-corrected chi connectivity index (χ2v) is 13.0. The molecule has 0 N–H and O–H groups in total. The molecule has 0 aliphatic carbocycles. The Balaban J connectivity index is 0.000000595. The molecule has 0 unspecified atom stereocenters. The van der Waals surface area contributed by atoms with Crippen molar-refractivity contribution >= 4 is 37.1 Å². The van der Waals surface area contributed by atoms with E-state index in [1.165, 1.54) is 33.5 Å². The summed E-state index contributed by atoms with van der Waals surface area (Å²) in [6.07, 6.45) is 12.3. The van der Waals surface area contributed by atoms with E-state index >= 15 is 0 Å². The van der Waals surface area contributed by atoms with Crippen molar-refractivity contribution in [2.45, 2.75) is 26.7 Å². The van der Waals surface area contributed by atoms with Crippen molar-refractivity contribution in [2.75, 3.05) is 12.3 Å². The predicted molar refractivity (Wildman–Crippen MR) is 177 cm³/mol. The molecule has 0 bridgehead atoms. The van der Waals surface area contributed by atoms with Crippen molar-refractivity contribution < 1.29 is 21.1 Å². The van der Waals surface area contributed by atoms with Crippen LogP contribution in [0.25, 0.3) is 0 Å². The molecule has 0 nitrogen and oxygen atoms in total. The van der Waals surface area contributed by atoms with Crippen LogP contribution in [-0.2, 0) is 21.1 Å². The van der Waals surface area contributed by atoms with E-state index < -0.39 is 0 Å². The van der Waals surface area contributed by atoms with Gasteiger partial charge in [-0.3, -0.25) is 0 Å². The number of hydrogen-bond acceptors (Lipinski definition) is 0. The summed E-state index contributed by atoms with van der Waals surface area (Å²) in [5.41, 5.74) is 0. The van der Waals surface area contributed by atoms with Gasteiger partial charge >= 0.3 is 21.1 Å². The van der Waals surface area contributed by atoms with Gasteiger partial charge in [-0.05, 0) is 63.2 Å². The van der Waals surface area contributed by atoms with Crippen molar-refractivity contribution in [3.8, 4) is 0 Å². The molecule has 4 rings (SSSR count). The van der Waals surface area contributed by atoms with E-state index in [0.717, 1.165) is 12.8 Å². The monoisotopic (exact) mass is 731 g/mol. The molecule has 0 saturated carbocycles. The first kappa shape index (κ1) is 34.9. The molecule has 0 aromatic heterocycles. The minimum atomic E-state index is -0.348. The Hall–Kier alpha value is -2.09. The number of hydrogen-bond donors (Lipinski definition) is 0. The van der Waals surface area contributed by atoms with E-state index in [-0.39, 0.29) is 36.9 Å². The van der Waals surface area contributed by atoms with Gasteiger partial charge in [-0.25, -0.2) is 0 Å². The van der Waals surface area contributed by atoms with Crippen LogP contribution in [0.4, 0.5) is 0 Å². The van der Waals surface area contributed by atoms with Crippen LogP contribution in [0.3, 0.4) is 0 Å². The summed E-state index contributed by atoms with van der Waals surface area (Å²) in [4.78, 5) is 0. The van der Waals surface area contributed by atoms with E-state index in [2.05, 4.69) is 135 Å². The van der Waals surface area contributed by atoms with Gasteiger partial charge in [0.15, 0.2) is 0 Å². The fraction of sp³-hybridized carbons (Fsp3) is 0.167. The van der Waals surface area contributed by atoms with Crippen LogP contribution in [0, 0.1) is 13.8 Å². The minimum absolute atomic E-state index is 0. The first-order chi connectivity index (χ1) is 18.7. The summed E-state index contributed by atoms with van der Waals surface area (Å²) in [5, 5.41) is 5.89. The topological polar surface area (TPSA) is 0 Å². The summed E-state index contributed by atoms with van der Waals surface area (Å²) >= 11 is 0. The molecule has 0 amide bonds. The number of rotatable bonds is 9. The van der Waals surface area contributed by atoms with Crippen LogP contribution in [0.5, 0.6) is 0 Å². The Morgan fingerprint density at radius 2 is 0.692 bits per heavy atom. The molecule has 0 atom stereocenters. The quantitative estimate of drug-likeness (QED) is 0.0918. The van der Waals surface area contributed by atoms with Crippen LogP contribution in [0.1, 0.15) is 26.7 Å². The normalized spacial score (nSPS) is 10.5. The van der Waals surface area contributed by atoms with Crippen LogP contribution < -0.4 is 21.2 Å². The third-order valence-corrected chi connectivity index (χ3v) is 11.0. The fourth-order valence-corrected chi connectivity index (χ4v) is 9.14. The van der Waals surface area contributed by atoms with E-state index in [1.807, 2.05) is 38.2 Å². The van der Waals surface area contributed by atoms with Crippen LogP contribution in [0.15, 0.2) is 146 Å². The summed E-state index contributed by atoms with van der Waals surface area (Å²) < 4.78 is 0. The Morgan fingerprint density at radius 1 is 0.462 bits per heavy atom. The predicted octanol–water partition coefficient (Wildman–Crippen LogP) is 8.82. The number of benzene rings is 4. The van der Waals surface area contributed by atoms with Crippen molar-refractivity contribution in [1.82, 2.24) is 0 Å². The Kier molecular flexibility index (Phi) is 20.3. The third kappa shape index (κ3) is 13.7. The Morgan fingerprint density at radius 3 is 0.846 bits per heavy atom. The van der Waals surface area contributed by atoms with Gasteiger partial charge in [0, 0.05) is 0 Å². The second kappa shape index (κ2) is 22.7. The fourth-order valence-electron chi connectivity index (χ4n) is 3.78. The molecule has 206 valence electrons. The zero-order chi connectivity index (χ0) is 27.3. The summed E-state index contributed by atoms with van der Waals surface area (Å²) in [5.74, 6) is 0. The van der Waals surface area contributed by atoms with Gasteiger partial charge in [-0.1, -0.05) is 133 Å². The van der Waals surface area contributed by atoms with E-state index in [4.69, 9.17) is 0 Å².